The van der Waals surface area contributed by atoms with Crippen molar-refractivity contribution in [3.05, 3.63) is 68.7 Å². The van der Waals surface area contributed by atoms with Gasteiger partial charge in [0.1, 0.15) is 11.0 Å². The quantitative estimate of drug-likeness (QED) is 0.414. The summed E-state index contributed by atoms with van der Waals surface area (Å²) >= 11 is 4.67. The molecule has 3 aromatic rings. The number of halogens is 1. The number of non-ortho nitro benzene ring substituents is 1. The Bertz CT molecular complexity index is 1150. The van der Waals surface area contributed by atoms with E-state index in [1.165, 1.54) is 40.5 Å². The van der Waals surface area contributed by atoms with Crippen LogP contribution in [-0.4, -0.2) is 44.4 Å². The van der Waals surface area contributed by atoms with Crippen molar-refractivity contribution in [2.45, 2.75) is 18.9 Å². The van der Waals surface area contributed by atoms with Crippen LogP contribution in [0.15, 0.2) is 53.0 Å². The highest BCUT2D eigenvalue weighted by Crippen LogP contribution is 2.29. The van der Waals surface area contributed by atoms with Crippen LogP contribution in [0.1, 0.15) is 23.2 Å². The summed E-state index contributed by atoms with van der Waals surface area (Å²) in [5, 5.41) is 22.8. The molecule has 1 atom stereocenters. The van der Waals surface area contributed by atoms with E-state index in [0.717, 1.165) is 10.0 Å². The minimum absolute atomic E-state index is 0.0928. The molecule has 0 unspecified atom stereocenters. The second-order valence-corrected chi connectivity index (χ2v) is 8.77. The van der Waals surface area contributed by atoms with Crippen molar-refractivity contribution in [2.24, 2.45) is 0 Å². The van der Waals surface area contributed by atoms with Crippen LogP contribution >= 0.6 is 27.3 Å². The molecule has 4 rings (SSSR count). The molecule has 2 aromatic carbocycles. The van der Waals surface area contributed by atoms with Crippen LogP contribution in [0, 0.1) is 10.1 Å². The van der Waals surface area contributed by atoms with Crippen molar-refractivity contribution in [2.75, 3.05) is 11.9 Å². The first-order valence-electron chi connectivity index (χ1n) is 9.38. The number of nitrogens with zero attached hydrogens (tertiary/aromatic N) is 4. The fraction of sp³-hybridized carbons (Fsp3) is 0.200. The van der Waals surface area contributed by atoms with Crippen LogP contribution in [0.25, 0.3) is 10.6 Å². The molecule has 31 heavy (non-hydrogen) atoms. The van der Waals surface area contributed by atoms with E-state index in [9.17, 15) is 19.7 Å². The lowest BCUT2D eigenvalue weighted by atomic mass is 10.1. The van der Waals surface area contributed by atoms with Gasteiger partial charge in [0.2, 0.25) is 11.0 Å². The number of carbonyl (C=O) groups is 2. The fourth-order valence-electron chi connectivity index (χ4n) is 3.37. The molecule has 9 nitrogen and oxygen atoms in total. The van der Waals surface area contributed by atoms with Gasteiger partial charge in [-0.15, -0.1) is 10.2 Å². The zero-order valence-electron chi connectivity index (χ0n) is 16.0. The monoisotopic (exact) mass is 501 g/mol. The van der Waals surface area contributed by atoms with E-state index >= 15 is 0 Å². The number of nitro groups is 1. The maximum Gasteiger partial charge on any atom is 0.269 e. The molecule has 0 spiro atoms. The number of likely N-dealkylation sites (tertiary alicyclic amines) is 1. The number of rotatable bonds is 5. The number of amides is 2. The van der Waals surface area contributed by atoms with Gasteiger partial charge in [0.15, 0.2) is 0 Å². The summed E-state index contributed by atoms with van der Waals surface area (Å²) in [4.78, 5) is 37.5. The summed E-state index contributed by atoms with van der Waals surface area (Å²) in [6.45, 7) is 0.438. The summed E-state index contributed by atoms with van der Waals surface area (Å²) in [6, 6.07) is 12.3. The van der Waals surface area contributed by atoms with Crippen molar-refractivity contribution in [1.82, 2.24) is 15.1 Å². The Morgan fingerprint density at radius 1 is 1.19 bits per heavy atom. The van der Waals surface area contributed by atoms with Gasteiger partial charge in [-0.05, 0) is 37.1 Å². The SMILES string of the molecule is O=C(Nc1nnc(-c2cccc(Br)c2)s1)[C@H]1CCCN1C(=O)c1ccc([N+](=O)[O-])cc1. The normalized spacial score (nSPS) is 15.6. The van der Waals surface area contributed by atoms with E-state index in [1.54, 1.807) is 0 Å². The lowest BCUT2D eigenvalue weighted by Crippen LogP contribution is -2.43. The summed E-state index contributed by atoms with van der Waals surface area (Å²) in [7, 11) is 0. The molecule has 0 saturated carbocycles. The van der Waals surface area contributed by atoms with Gasteiger partial charge in [-0.25, -0.2) is 0 Å². The Kier molecular flexibility index (Phi) is 6.05. The predicted molar refractivity (Wildman–Crippen MR) is 119 cm³/mol. The molecule has 0 radical (unpaired) electrons. The number of carbonyl (C=O) groups excluding carboxylic acids is 2. The third-order valence-electron chi connectivity index (χ3n) is 4.87. The zero-order chi connectivity index (χ0) is 22.0. The summed E-state index contributed by atoms with van der Waals surface area (Å²) in [5.41, 5.74) is 1.09. The van der Waals surface area contributed by atoms with E-state index in [4.69, 9.17) is 0 Å². The van der Waals surface area contributed by atoms with Gasteiger partial charge >= 0.3 is 0 Å². The first-order valence-corrected chi connectivity index (χ1v) is 11.0. The number of nitrogens with one attached hydrogen (secondary N) is 1. The molecule has 0 aliphatic carbocycles. The van der Waals surface area contributed by atoms with Gasteiger partial charge in [0, 0.05) is 34.3 Å². The smallest absolute Gasteiger partial charge is 0.269 e. The second kappa shape index (κ2) is 8.90. The Balaban J connectivity index is 1.45. The molecular formula is C20H16BrN5O4S. The van der Waals surface area contributed by atoms with Gasteiger partial charge < -0.3 is 4.90 Å². The number of anilines is 1. The highest BCUT2D eigenvalue weighted by atomic mass is 79.9. The van der Waals surface area contributed by atoms with Crippen LogP contribution in [0.5, 0.6) is 0 Å². The van der Waals surface area contributed by atoms with Crippen LogP contribution in [-0.2, 0) is 4.79 Å². The summed E-state index contributed by atoms with van der Waals surface area (Å²) in [5.74, 6) is -0.663. The summed E-state index contributed by atoms with van der Waals surface area (Å²) < 4.78 is 0.914. The van der Waals surface area contributed by atoms with E-state index < -0.39 is 11.0 Å². The van der Waals surface area contributed by atoms with Crippen LogP contribution in [0.2, 0.25) is 0 Å². The Morgan fingerprint density at radius 2 is 1.97 bits per heavy atom. The maximum atomic E-state index is 12.9. The topological polar surface area (TPSA) is 118 Å². The molecule has 2 heterocycles. The van der Waals surface area contributed by atoms with Crippen molar-refractivity contribution < 1.29 is 14.5 Å². The Labute approximate surface area is 189 Å². The maximum absolute atomic E-state index is 12.9. The first kappa shape index (κ1) is 21.1. The highest BCUT2D eigenvalue weighted by Gasteiger charge is 2.35. The van der Waals surface area contributed by atoms with Crippen molar-refractivity contribution in [3.63, 3.8) is 0 Å². The molecule has 0 bridgehead atoms. The lowest BCUT2D eigenvalue weighted by molar-refractivity contribution is -0.384. The molecule has 1 aliphatic heterocycles. The first-order chi connectivity index (χ1) is 14.9. The molecule has 11 heteroatoms. The van der Waals surface area contributed by atoms with E-state index in [-0.39, 0.29) is 17.5 Å². The van der Waals surface area contributed by atoms with Gasteiger partial charge in [0.25, 0.3) is 11.6 Å². The molecular weight excluding hydrogens is 486 g/mol. The molecule has 1 fully saturated rings. The minimum atomic E-state index is -0.638. The number of aromatic nitrogens is 2. The zero-order valence-corrected chi connectivity index (χ0v) is 18.4. The average Bonchev–Trinajstić information content (AvgIpc) is 3.43. The standard InChI is InChI=1S/C20H16BrN5O4S/c21-14-4-1-3-13(11-14)18-23-24-20(31-18)22-17(27)16-5-2-10-25(16)19(28)12-6-8-15(9-7-12)26(29)30/h1,3-4,6-9,11,16H,2,5,10H2,(H,22,24,27)/t16-/m1/s1. The number of hydrogen-bond donors (Lipinski definition) is 1. The second-order valence-electron chi connectivity index (χ2n) is 6.87. The van der Waals surface area contributed by atoms with E-state index in [0.29, 0.717) is 35.1 Å². The summed E-state index contributed by atoms with van der Waals surface area (Å²) in [6.07, 6.45) is 1.22. The van der Waals surface area contributed by atoms with E-state index in [2.05, 4.69) is 31.4 Å². The van der Waals surface area contributed by atoms with Gasteiger partial charge in [-0.2, -0.15) is 0 Å². The largest absolute Gasteiger partial charge is 0.327 e. The molecule has 1 N–H and O–H groups in total. The third-order valence-corrected chi connectivity index (χ3v) is 6.25. The van der Waals surface area contributed by atoms with Crippen molar-refractivity contribution in [1.29, 1.82) is 0 Å². The van der Waals surface area contributed by atoms with Crippen molar-refractivity contribution >= 4 is 49.9 Å². The van der Waals surface area contributed by atoms with Gasteiger partial charge in [-0.3, -0.25) is 25.0 Å². The van der Waals surface area contributed by atoms with E-state index in [1.807, 2.05) is 24.3 Å². The van der Waals surface area contributed by atoms with Gasteiger partial charge in [-0.1, -0.05) is 39.4 Å². The van der Waals surface area contributed by atoms with Crippen LogP contribution < -0.4 is 5.32 Å². The predicted octanol–water partition coefficient (Wildman–Crippen LogP) is 4.12. The number of nitro benzene ring substituents is 1. The molecule has 1 aliphatic rings. The highest BCUT2D eigenvalue weighted by molar-refractivity contribution is 9.10. The lowest BCUT2D eigenvalue weighted by Gasteiger charge is -2.23. The minimum Gasteiger partial charge on any atom is -0.327 e. The van der Waals surface area contributed by atoms with Crippen molar-refractivity contribution in [3.8, 4) is 10.6 Å². The van der Waals surface area contributed by atoms with Gasteiger partial charge in [0.05, 0.1) is 4.92 Å². The number of hydrogen-bond acceptors (Lipinski definition) is 7. The van der Waals surface area contributed by atoms with Crippen LogP contribution in [0.4, 0.5) is 10.8 Å². The van der Waals surface area contributed by atoms with Crippen LogP contribution in [0.3, 0.4) is 0 Å². The third kappa shape index (κ3) is 4.62. The molecule has 1 saturated heterocycles. The molecule has 2 amide bonds. The average molecular weight is 502 g/mol. The number of benzene rings is 2. The molecule has 1 aromatic heterocycles. The molecule has 158 valence electrons. The fourth-order valence-corrected chi connectivity index (χ4v) is 4.52. The Morgan fingerprint density at radius 3 is 2.68 bits per heavy atom. The Hall–Kier alpha value is -3.18.